The second-order valence-electron chi connectivity index (χ2n) is 8.03. The maximum atomic E-state index is 14.4. The molecule has 0 bridgehead atoms. The average Bonchev–Trinajstić information content (AvgIpc) is 2.77. The summed E-state index contributed by atoms with van der Waals surface area (Å²) in [5.41, 5.74) is -0.160. The fourth-order valence-corrected chi connectivity index (χ4v) is 4.20. The number of sulfonamides is 1. The number of carbonyl (C=O) groups is 1. The number of nitrogens with one attached hydrogen (secondary N) is 1. The molecule has 1 amide bonds. The number of alkyl halides is 2. The molecule has 0 spiro atoms. The Balaban J connectivity index is 1.79. The van der Waals surface area contributed by atoms with E-state index < -0.39 is 50.9 Å². The lowest BCUT2D eigenvalue weighted by molar-refractivity contribution is -0.0652. The summed E-state index contributed by atoms with van der Waals surface area (Å²) in [6.07, 6.45) is 0.632. The van der Waals surface area contributed by atoms with Crippen LogP contribution in [0.25, 0.3) is 10.9 Å². The predicted molar refractivity (Wildman–Crippen MR) is 116 cm³/mol. The summed E-state index contributed by atoms with van der Waals surface area (Å²) in [7, 11) is -4.15. The van der Waals surface area contributed by atoms with Crippen LogP contribution in [-0.4, -0.2) is 43.3 Å². The summed E-state index contributed by atoms with van der Waals surface area (Å²) in [6.45, 7) is 1.12. The molecule has 8 nitrogen and oxygen atoms in total. The smallest absolute Gasteiger partial charge is 0.259 e. The first kappa shape index (κ1) is 23.8. The van der Waals surface area contributed by atoms with Crippen LogP contribution in [0.4, 0.5) is 29.1 Å². The standard InChI is InChI=1S/C21H19F4N5O3S/c1-11-10-30(7-5-21(11,24)25)19-14(9-13-16(29-19)3-2-15(22)18(13)23)20(31)28-12-4-6-27-17(8-12)34(26,32)33/h2-4,6,8-9,11H,5,7,10H2,1H3,(H2,26,32,33)(H,27,28,31). The van der Waals surface area contributed by atoms with Gasteiger partial charge in [-0.05, 0) is 24.3 Å². The summed E-state index contributed by atoms with van der Waals surface area (Å²) in [6, 6.07) is 5.51. The molecule has 4 rings (SSSR count). The van der Waals surface area contributed by atoms with Crippen LogP contribution in [0, 0.1) is 17.6 Å². The Bertz CT molecular complexity index is 1400. The molecule has 1 unspecified atom stereocenters. The molecular formula is C21H19F4N5O3S. The highest BCUT2D eigenvalue weighted by molar-refractivity contribution is 7.89. The van der Waals surface area contributed by atoms with Gasteiger partial charge in [0.25, 0.3) is 21.9 Å². The van der Waals surface area contributed by atoms with Crippen LogP contribution in [0.15, 0.2) is 41.6 Å². The van der Waals surface area contributed by atoms with E-state index in [0.29, 0.717) is 0 Å². The van der Waals surface area contributed by atoms with Crippen LogP contribution in [0.1, 0.15) is 23.7 Å². The Morgan fingerprint density at radius 1 is 1.24 bits per heavy atom. The Labute approximate surface area is 191 Å². The van der Waals surface area contributed by atoms with Gasteiger partial charge in [0.2, 0.25) is 0 Å². The van der Waals surface area contributed by atoms with E-state index in [9.17, 15) is 30.8 Å². The maximum Gasteiger partial charge on any atom is 0.259 e. The van der Waals surface area contributed by atoms with Gasteiger partial charge in [-0.15, -0.1) is 0 Å². The second-order valence-corrected chi connectivity index (χ2v) is 9.54. The minimum atomic E-state index is -4.15. The Morgan fingerprint density at radius 2 is 1.97 bits per heavy atom. The molecule has 1 aromatic carbocycles. The van der Waals surface area contributed by atoms with E-state index in [1.165, 1.54) is 24.0 Å². The fourth-order valence-electron chi connectivity index (χ4n) is 3.70. The van der Waals surface area contributed by atoms with Gasteiger partial charge in [-0.2, -0.15) is 0 Å². The van der Waals surface area contributed by atoms with Gasteiger partial charge in [0.15, 0.2) is 16.7 Å². The van der Waals surface area contributed by atoms with Crippen molar-refractivity contribution in [2.75, 3.05) is 23.3 Å². The first-order valence-corrected chi connectivity index (χ1v) is 11.6. The highest BCUT2D eigenvalue weighted by Gasteiger charge is 2.42. The van der Waals surface area contributed by atoms with Crippen molar-refractivity contribution in [3.05, 3.63) is 53.7 Å². The van der Waals surface area contributed by atoms with Gasteiger partial charge < -0.3 is 10.2 Å². The molecule has 0 saturated carbocycles. The number of aromatic nitrogens is 2. The molecule has 1 atom stereocenters. The SMILES string of the molecule is CC1CN(c2nc3ccc(F)c(F)c3cc2C(=O)Nc2ccnc(S(N)(=O)=O)c2)CCC1(F)F. The highest BCUT2D eigenvalue weighted by Crippen LogP contribution is 2.36. The third kappa shape index (κ3) is 4.53. The van der Waals surface area contributed by atoms with Crippen molar-refractivity contribution in [2.24, 2.45) is 11.1 Å². The molecule has 1 aliphatic heterocycles. The number of anilines is 2. The number of carbonyl (C=O) groups excluding carboxylic acids is 1. The van der Waals surface area contributed by atoms with Gasteiger partial charge in [0, 0.05) is 48.8 Å². The molecule has 0 radical (unpaired) electrons. The number of amides is 1. The Kier molecular flexibility index (Phi) is 5.94. The summed E-state index contributed by atoms with van der Waals surface area (Å²) < 4.78 is 79.4. The average molecular weight is 497 g/mol. The zero-order chi connectivity index (χ0) is 24.8. The third-order valence-electron chi connectivity index (χ3n) is 5.62. The number of fused-ring (bicyclic) bond motifs is 1. The predicted octanol–water partition coefficient (Wildman–Crippen LogP) is 3.29. The first-order chi connectivity index (χ1) is 15.9. The Morgan fingerprint density at radius 3 is 2.65 bits per heavy atom. The van der Waals surface area contributed by atoms with Crippen LogP contribution >= 0.6 is 0 Å². The van der Waals surface area contributed by atoms with E-state index in [1.807, 2.05) is 0 Å². The molecule has 1 aliphatic rings. The van der Waals surface area contributed by atoms with Crippen molar-refractivity contribution in [1.29, 1.82) is 0 Å². The number of rotatable bonds is 4. The third-order valence-corrected chi connectivity index (χ3v) is 6.43. The van der Waals surface area contributed by atoms with Crippen molar-refractivity contribution in [1.82, 2.24) is 9.97 Å². The van der Waals surface area contributed by atoms with E-state index in [0.717, 1.165) is 24.4 Å². The topological polar surface area (TPSA) is 118 Å². The lowest BCUT2D eigenvalue weighted by Gasteiger charge is -2.38. The molecule has 13 heteroatoms. The van der Waals surface area contributed by atoms with Crippen LogP contribution in [0.5, 0.6) is 0 Å². The number of halogens is 4. The number of primary sulfonamides is 1. The van der Waals surface area contributed by atoms with E-state index >= 15 is 0 Å². The lowest BCUT2D eigenvalue weighted by atomic mass is 9.95. The first-order valence-electron chi connectivity index (χ1n) is 10.1. The van der Waals surface area contributed by atoms with Crippen molar-refractivity contribution in [2.45, 2.75) is 24.3 Å². The molecular weight excluding hydrogens is 478 g/mol. The van der Waals surface area contributed by atoms with E-state index in [4.69, 9.17) is 5.14 Å². The van der Waals surface area contributed by atoms with Crippen LogP contribution < -0.4 is 15.4 Å². The quantitative estimate of drug-likeness (QED) is 0.534. The van der Waals surface area contributed by atoms with E-state index in [-0.39, 0.29) is 41.1 Å². The monoisotopic (exact) mass is 497 g/mol. The number of hydrogen-bond donors (Lipinski definition) is 2. The molecule has 1 saturated heterocycles. The van der Waals surface area contributed by atoms with Crippen LogP contribution in [0.2, 0.25) is 0 Å². The lowest BCUT2D eigenvalue weighted by Crippen LogP contribution is -2.46. The number of hydrogen-bond acceptors (Lipinski definition) is 6. The van der Waals surface area contributed by atoms with Crippen molar-refractivity contribution in [3.8, 4) is 0 Å². The second kappa shape index (κ2) is 8.47. The molecule has 34 heavy (non-hydrogen) atoms. The summed E-state index contributed by atoms with van der Waals surface area (Å²) in [4.78, 5) is 22.5. The van der Waals surface area contributed by atoms with E-state index in [1.54, 1.807) is 0 Å². The van der Waals surface area contributed by atoms with Gasteiger partial charge in [0.05, 0.1) is 11.1 Å². The minimum absolute atomic E-state index is 0.00771. The van der Waals surface area contributed by atoms with Crippen molar-refractivity contribution >= 4 is 38.3 Å². The fraction of sp³-hybridized carbons (Fsp3) is 0.286. The van der Waals surface area contributed by atoms with Gasteiger partial charge >= 0.3 is 0 Å². The molecule has 180 valence electrons. The molecule has 0 aliphatic carbocycles. The van der Waals surface area contributed by atoms with Gasteiger partial charge in [-0.3, -0.25) is 4.79 Å². The zero-order valence-electron chi connectivity index (χ0n) is 17.7. The number of pyridine rings is 2. The number of benzene rings is 1. The zero-order valence-corrected chi connectivity index (χ0v) is 18.5. The Hall–Kier alpha value is -3.32. The van der Waals surface area contributed by atoms with Crippen molar-refractivity contribution < 1.29 is 30.8 Å². The number of nitrogens with two attached hydrogens (primary N) is 1. The van der Waals surface area contributed by atoms with Crippen LogP contribution in [-0.2, 0) is 10.0 Å². The van der Waals surface area contributed by atoms with Gasteiger partial charge in [0.1, 0.15) is 5.82 Å². The number of nitrogens with zero attached hydrogens (tertiary/aromatic N) is 3. The number of piperidine rings is 1. The van der Waals surface area contributed by atoms with E-state index in [2.05, 4.69) is 15.3 Å². The van der Waals surface area contributed by atoms with Gasteiger partial charge in [-0.1, -0.05) is 6.92 Å². The van der Waals surface area contributed by atoms with Gasteiger partial charge in [-0.25, -0.2) is 41.1 Å². The van der Waals surface area contributed by atoms with Crippen LogP contribution in [0.3, 0.4) is 0 Å². The minimum Gasteiger partial charge on any atom is -0.355 e. The molecule has 1 fully saturated rings. The summed E-state index contributed by atoms with van der Waals surface area (Å²) in [5.74, 6) is -7.14. The maximum absolute atomic E-state index is 14.4. The normalized spacial score (nSPS) is 18.2. The largest absolute Gasteiger partial charge is 0.355 e. The summed E-state index contributed by atoms with van der Waals surface area (Å²) in [5, 5.41) is 6.73. The molecule has 2 aromatic heterocycles. The summed E-state index contributed by atoms with van der Waals surface area (Å²) >= 11 is 0. The highest BCUT2D eigenvalue weighted by atomic mass is 32.2. The molecule has 3 heterocycles. The molecule has 3 N–H and O–H groups in total. The van der Waals surface area contributed by atoms with Crippen molar-refractivity contribution in [3.63, 3.8) is 0 Å². The molecule has 3 aromatic rings.